The van der Waals surface area contributed by atoms with E-state index >= 15 is 0 Å². The smallest absolute Gasteiger partial charge is 0.338 e. The van der Waals surface area contributed by atoms with Gasteiger partial charge in [-0.2, -0.15) is 0 Å². The Morgan fingerprint density at radius 3 is 2.73 bits per heavy atom. The van der Waals surface area contributed by atoms with E-state index < -0.39 is 5.97 Å². The van der Waals surface area contributed by atoms with Crippen LogP contribution >= 0.6 is 0 Å². The fourth-order valence-electron chi connectivity index (χ4n) is 2.79. The van der Waals surface area contributed by atoms with Gasteiger partial charge in [-0.05, 0) is 66.8 Å². The third-order valence-electron chi connectivity index (χ3n) is 4.20. The van der Waals surface area contributed by atoms with Crippen molar-refractivity contribution in [1.29, 1.82) is 0 Å². The second-order valence-electron chi connectivity index (χ2n) is 6.09. The standard InChI is InChI=1S/C18H21N5O3/c24-17(19-11-10-14-4-2-1-3-5-14)12-26-18(25)15-6-8-16(9-7-15)23-13-20-21-22-23/h4,6-9,13H,1-3,5,10-12H2,(H,19,24). The molecule has 8 nitrogen and oxygen atoms in total. The molecule has 1 aromatic heterocycles. The lowest BCUT2D eigenvalue weighted by molar-refractivity contribution is -0.124. The summed E-state index contributed by atoms with van der Waals surface area (Å²) in [5.74, 6) is -0.835. The van der Waals surface area contributed by atoms with Gasteiger partial charge in [0, 0.05) is 6.54 Å². The molecule has 1 heterocycles. The average Bonchev–Trinajstić information content (AvgIpc) is 3.22. The van der Waals surface area contributed by atoms with Gasteiger partial charge in [-0.3, -0.25) is 4.79 Å². The number of esters is 1. The van der Waals surface area contributed by atoms with Crippen molar-refractivity contribution in [1.82, 2.24) is 25.5 Å². The van der Waals surface area contributed by atoms with Gasteiger partial charge in [-0.15, -0.1) is 5.10 Å². The number of carbonyl (C=O) groups excluding carboxylic acids is 2. The predicted molar refractivity (Wildman–Crippen MR) is 93.6 cm³/mol. The molecular formula is C18H21N5O3. The summed E-state index contributed by atoms with van der Waals surface area (Å²) < 4.78 is 6.53. The van der Waals surface area contributed by atoms with Gasteiger partial charge in [-0.1, -0.05) is 11.6 Å². The van der Waals surface area contributed by atoms with Crippen molar-refractivity contribution in [3.63, 3.8) is 0 Å². The maximum atomic E-state index is 12.0. The van der Waals surface area contributed by atoms with Gasteiger partial charge in [0.25, 0.3) is 5.91 Å². The quantitative estimate of drug-likeness (QED) is 0.601. The minimum Gasteiger partial charge on any atom is -0.452 e. The number of nitrogens with zero attached hydrogens (tertiary/aromatic N) is 4. The Bertz CT molecular complexity index is 769. The number of carbonyl (C=O) groups is 2. The van der Waals surface area contributed by atoms with Gasteiger partial charge in [0.05, 0.1) is 11.3 Å². The van der Waals surface area contributed by atoms with Crippen molar-refractivity contribution < 1.29 is 14.3 Å². The molecule has 0 fully saturated rings. The average molecular weight is 355 g/mol. The molecule has 1 aliphatic rings. The monoisotopic (exact) mass is 355 g/mol. The van der Waals surface area contributed by atoms with Crippen LogP contribution in [0.25, 0.3) is 5.69 Å². The van der Waals surface area contributed by atoms with E-state index in [2.05, 4.69) is 26.9 Å². The molecule has 1 N–H and O–H groups in total. The lowest BCUT2D eigenvalue weighted by Crippen LogP contribution is -2.29. The summed E-state index contributed by atoms with van der Waals surface area (Å²) >= 11 is 0. The number of nitrogens with one attached hydrogen (secondary N) is 1. The summed E-state index contributed by atoms with van der Waals surface area (Å²) in [6.07, 6.45) is 9.30. The number of ether oxygens (including phenoxy) is 1. The normalized spacial score (nSPS) is 13.8. The lowest BCUT2D eigenvalue weighted by atomic mass is 9.97. The van der Waals surface area contributed by atoms with Crippen LogP contribution in [0.3, 0.4) is 0 Å². The summed E-state index contributed by atoms with van der Waals surface area (Å²) in [5, 5.41) is 13.7. The molecule has 136 valence electrons. The molecule has 1 aliphatic carbocycles. The first-order valence-electron chi connectivity index (χ1n) is 8.67. The molecule has 0 saturated heterocycles. The number of benzene rings is 1. The molecule has 0 atom stereocenters. The fraction of sp³-hybridized carbons (Fsp3) is 0.389. The highest BCUT2D eigenvalue weighted by atomic mass is 16.5. The van der Waals surface area contributed by atoms with Crippen molar-refractivity contribution in [2.45, 2.75) is 32.1 Å². The molecule has 2 aromatic rings. The third kappa shape index (κ3) is 4.98. The van der Waals surface area contributed by atoms with Crippen LogP contribution in [0.4, 0.5) is 0 Å². The highest BCUT2D eigenvalue weighted by molar-refractivity contribution is 5.91. The molecule has 0 spiro atoms. The second kappa shape index (κ2) is 8.89. The molecule has 0 aliphatic heterocycles. The van der Waals surface area contributed by atoms with E-state index in [0.717, 1.165) is 24.9 Å². The van der Waals surface area contributed by atoms with E-state index in [-0.39, 0.29) is 12.5 Å². The summed E-state index contributed by atoms with van der Waals surface area (Å²) in [4.78, 5) is 23.8. The molecule has 1 aromatic carbocycles. The van der Waals surface area contributed by atoms with E-state index in [4.69, 9.17) is 4.74 Å². The summed E-state index contributed by atoms with van der Waals surface area (Å²) in [6.45, 7) is 0.287. The summed E-state index contributed by atoms with van der Waals surface area (Å²) in [5.41, 5.74) is 2.49. The van der Waals surface area contributed by atoms with Gasteiger partial charge in [0.2, 0.25) is 0 Å². The van der Waals surface area contributed by atoms with E-state index in [9.17, 15) is 9.59 Å². The third-order valence-corrected chi connectivity index (χ3v) is 4.20. The molecule has 0 saturated carbocycles. The topological polar surface area (TPSA) is 99.0 Å². The number of hydrogen-bond donors (Lipinski definition) is 1. The van der Waals surface area contributed by atoms with Crippen molar-refractivity contribution >= 4 is 11.9 Å². The summed E-state index contributed by atoms with van der Waals surface area (Å²) in [6, 6.07) is 6.61. The van der Waals surface area contributed by atoms with Crippen LogP contribution in [0.15, 0.2) is 42.2 Å². The zero-order valence-corrected chi connectivity index (χ0v) is 14.4. The van der Waals surface area contributed by atoms with Gasteiger partial charge in [0.15, 0.2) is 6.61 Å². The number of aromatic nitrogens is 4. The highest BCUT2D eigenvalue weighted by Gasteiger charge is 2.11. The van der Waals surface area contributed by atoms with Gasteiger partial charge in [-0.25, -0.2) is 9.48 Å². The number of allylic oxidation sites excluding steroid dienone is 1. The van der Waals surface area contributed by atoms with Crippen LogP contribution in [0, 0.1) is 0 Å². The fourth-order valence-corrected chi connectivity index (χ4v) is 2.79. The van der Waals surface area contributed by atoms with Crippen LogP contribution in [-0.4, -0.2) is 45.2 Å². The Morgan fingerprint density at radius 1 is 1.19 bits per heavy atom. The van der Waals surface area contributed by atoms with Crippen LogP contribution in [0.2, 0.25) is 0 Å². The largest absolute Gasteiger partial charge is 0.452 e. The maximum Gasteiger partial charge on any atom is 0.338 e. The van der Waals surface area contributed by atoms with Crippen LogP contribution in [-0.2, 0) is 9.53 Å². The van der Waals surface area contributed by atoms with E-state index in [1.54, 1.807) is 24.3 Å². The van der Waals surface area contributed by atoms with Crippen molar-refractivity contribution in [2.24, 2.45) is 0 Å². The Kier molecular flexibility index (Phi) is 6.08. The number of amides is 1. The van der Waals surface area contributed by atoms with Crippen LogP contribution < -0.4 is 5.32 Å². The molecule has 0 radical (unpaired) electrons. The Morgan fingerprint density at radius 2 is 2.04 bits per heavy atom. The minimum atomic E-state index is -0.543. The zero-order chi connectivity index (χ0) is 18.2. The predicted octanol–water partition coefficient (Wildman–Crippen LogP) is 1.83. The number of rotatable bonds is 7. The Labute approximate surface area is 151 Å². The van der Waals surface area contributed by atoms with Crippen molar-refractivity contribution in [2.75, 3.05) is 13.2 Å². The zero-order valence-electron chi connectivity index (χ0n) is 14.4. The van der Waals surface area contributed by atoms with E-state index in [0.29, 0.717) is 12.1 Å². The Hall–Kier alpha value is -3.03. The lowest BCUT2D eigenvalue weighted by Gasteiger charge is -2.13. The molecule has 26 heavy (non-hydrogen) atoms. The summed E-state index contributed by atoms with van der Waals surface area (Å²) in [7, 11) is 0. The van der Waals surface area contributed by atoms with E-state index in [1.165, 1.54) is 29.4 Å². The van der Waals surface area contributed by atoms with Gasteiger partial charge in [0.1, 0.15) is 6.33 Å². The first kappa shape index (κ1) is 17.8. The molecule has 8 heteroatoms. The number of tetrazole rings is 1. The molecule has 1 amide bonds. The van der Waals surface area contributed by atoms with Crippen LogP contribution in [0.5, 0.6) is 0 Å². The molecular weight excluding hydrogens is 334 g/mol. The molecule has 3 rings (SSSR count). The van der Waals surface area contributed by atoms with Crippen molar-refractivity contribution in [3.8, 4) is 5.69 Å². The first-order valence-corrected chi connectivity index (χ1v) is 8.67. The van der Waals surface area contributed by atoms with Gasteiger partial charge < -0.3 is 10.1 Å². The molecule has 0 bridgehead atoms. The van der Waals surface area contributed by atoms with Crippen LogP contribution in [0.1, 0.15) is 42.5 Å². The van der Waals surface area contributed by atoms with E-state index in [1.807, 2.05) is 0 Å². The SMILES string of the molecule is O=C(COC(=O)c1ccc(-n2cnnn2)cc1)NCCC1=CCCCC1. The molecule has 0 unspecified atom stereocenters. The minimum absolute atomic E-state index is 0.285. The van der Waals surface area contributed by atoms with Crippen molar-refractivity contribution in [3.05, 3.63) is 47.8 Å². The first-order chi connectivity index (χ1) is 12.7. The Balaban J connectivity index is 1.40. The second-order valence-corrected chi connectivity index (χ2v) is 6.09. The maximum absolute atomic E-state index is 12.0. The number of hydrogen-bond acceptors (Lipinski definition) is 6. The highest BCUT2D eigenvalue weighted by Crippen LogP contribution is 2.19. The van der Waals surface area contributed by atoms with Gasteiger partial charge >= 0.3 is 5.97 Å².